The van der Waals surface area contributed by atoms with Gasteiger partial charge in [0.05, 0.1) is 11.6 Å². The van der Waals surface area contributed by atoms with Crippen LogP contribution < -0.4 is 5.32 Å². The summed E-state index contributed by atoms with van der Waals surface area (Å²) in [5.74, 6) is -1.07. The topological polar surface area (TPSA) is 42.3 Å². The fraction of sp³-hybridized carbons (Fsp3) is 0.588. The molecule has 1 aliphatic rings. The number of nitrogens with zero attached hydrogens (tertiary/aromatic N) is 3. The summed E-state index contributed by atoms with van der Waals surface area (Å²) in [6, 6.07) is 4.08. The van der Waals surface area contributed by atoms with Crippen LogP contribution >= 0.6 is 0 Å². The fourth-order valence-electron chi connectivity index (χ4n) is 2.95. The Morgan fingerprint density at radius 1 is 1.17 bits per heavy atom. The van der Waals surface area contributed by atoms with Crippen molar-refractivity contribution < 1.29 is 8.78 Å². The molecule has 1 aliphatic heterocycles. The number of anilines is 1. The summed E-state index contributed by atoms with van der Waals surface area (Å²) in [4.78, 5) is 4.65. The zero-order chi connectivity index (χ0) is 17.0. The van der Waals surface area contributed by atoms with Crippen molar-refractivity contribution in [1.29, 1.82) is 5.26 Å². The normalized spacial score (nSPS) is 18.0. The molecule has 23 heavy (non-hydrogen) atoms. The van der Waals surface area contributed by atoms with Crippen LogP contribution in [-0.2, 0) is 0 Å². The Hall–Kier alpha value is -1.71. The summed E-state index contributed by atoms with van der Waals surface area (Å²) in [5.41, 5.74) is -0.159. The van der Waals surface area contributed by atoms with E-state index in [1.807, 2.05) is 0 Å². The number of piperazine rings is 1. The molecular formula is C17H24F2N4. The highest BCUT2D eigenvalue weighted by Gasteiger charge is 2.25. The number of likely N-dealkylation sites (N-methyl/N-ethyl adjacent to an activating group) is 1. The maximum absolute atomic E-state index is 14.0. The van der Waals surface area contributed by atoms with Crippen molar-refractivity contribution in [3.8, 4) is 6.07 Å². The van der Waals surface area contributed by atoms with E-state index in [1.54, 1.807) is 6.07 Å². The van der Waals surface area contributed by atoms with E-state index in [9.17, 15) is 8.78 Å². The van der Waals surface area contributed by atoms with Crippen LogP contribution in [0.5, 0.6) is 0 Å². The van der Waals surface area contributed by atoms with Gasteiger partial charge in [-0.25, -0.2) is 8.78 Å². The summed E-state index contributed by atoms with van der Waals surface area (Å²) in [6.07, 6.45) is 0. The third-order valence-corrected chi connectivity index (χ3v) is 4.44. The first-order valence-corrected chi connectivity index (χ1v) is 7.98. The van der Waals surface area contributed by atoms with Crippen LogP contribution in [0.4, 0.5) is 14.5 Å². The largest absolute Gasteiger partial charge is 0.379 e. The van der Waals surface area contributed by atoms with Gasteiger partial charge in [0.2, 0.25) is 0 Å². The molecule has 0 saturated carbocycles. The molecule has 4 nitrogen and oxygen atoms in total. The van der Waals surface area contributed by atoms with Crippen molar-refractivity contribution >= 4 is 5.69 Å². The van der Waals surface area contributed by atoms with Gasteiger partial charge >= 0.3 is 0 Å². The summed E-state index contributed by atoms with van der Waals surface area (Å²) >= 11 is 0. The standard InChI is InChI=1S/C17H24F2N4/c1-12(2)16(23-6-4-22(3)5-7-23)11-21-17-14(18)8-13(10-20)9-15(17)19/h8-9,12,16,21H,4-7,11H2,1-3H3/t16-/m0/s1. The molecule has 0 aliphatic carbocycles. The maximum Gasteiger partial charge on any atom is 0.150 e. The van der Waals surface area contributed by atoms with Crippen molar-refractivity contribution in [2.75, 3.05) is 45.1 Å². The van der Waals surface area contributed by atoms with Crippen LogP contribution in [0.2, 0.25) is 0 Å². The first kappa shape index (κ1) is 17.6. The lowest BCUT2D eigenvalue weighted by atomic mass is 10.0. The maximum atomic E-state index is 14.0. The number of nitrogens with one attached hydrogen (secondary N) is 1. The van der Waals surface area contributed by atoms with E-state index in [0.29, 0.717) is 12.5 Å². The minimum Gasteiger partial charge on any atom is -0.379 e. The Balaban J connectivity index is 2.06. The van der Waals surface area contributed by atoms with E-state index < -0.39 is 11.6 Å². The fourth-order valence-corrected chi connectivity index (χ4v) is 2.95. The highest BCUT2D eigenvalue weighted by Crippen LogP contribution is 2.22. The monoisotopic (exact) mass is 322 g/mol. The number of rotatable bonds is 5. The van der Waals surface area contributed by atoms with Gasteiger partial charge in [0.15, 0.2) is 11.6 Å². The quantitative estimate of drug-likeness (QED) is 0.904. The number of benzene rings is 1. The van der Waals surface area contributed by atoms with Gasteiger partial charge in [0, 0.05) is 38.8 Å². The van der Waals surface area contributed by atoms with Crippen LogP contribution in [0.25, 0.3) is 0 Å². The molecule has 1 heterocycles. The van der Waals surface area contributed by atoms with Crippen molar-refractivity contribution in [2.45, 2.75) is 19.9 Å². The van der Waals surface area contributed by atoms with Gasteiger partial charge in [-0.2, -0.15) is 5.26 Å². The Kier molecular flexibility index (Phi) is 5.91. The molecule has 1 saturated heterocycles. The van der Waals surface area contributed by atoms with E-state index in [-0.39, 0.29) is 17.3 Å². The average Bonchev–Trinajstić information content (AvgIpc) is 2.50. The summed E-state index contributed by atoms with van der Waals surface area (Å²) in [5, 5.41) is 11.7. The van der Waals surface area contributed by atoms with E-state index in [0.717, 1.165) is 38.3 Å². The lowest BCUT2D eigenvalue weighted by molar-refractivity contribution is 0.0943. The second kappa shape index (κ2) is 7.71. The third kappa shape index (κ3) is 4.40. The molecule has 1 aromatic carbocycles. The van der Waals surface area contributed by atoms with Crippen molar-refractivity contribution in [3.05, 3.63) is 29.3 Å². The van der Waals surface area contributed by atoms with Crippen LogP contribution in [0.15, 0.2) is 12.1 Å². The number of halogens is 2. The second-order valence-electron chi connectivity index (χ2n) is 6.46. The van der Waals surface area contributed by atoms with Gasteiger partial charge in [0.25, 0.3) is 0 Å². The number of nitriles is 1. The van der Waals surface area contributed by atoms with E-state index in [4.69, 9.17) is 5.26 Å². The predicted molar refractivity (Wildman–Crippen MR) is 87.3 cm³/mol. The Labute approximate surface area is 136 Å². The summed E-state index contributed by atoms with van der Waals surface area (Å²) < 4.78 is 27.9. The van der Waals surface area contributed by atoms with E-state index in [2.05, 4.69) is 36.0 Å². The molecule has 2 rings (SSSR count). The van der Waals surface area contributed by atoms with Crippen LogP contribution in [0.1, 0.15) is 19.4 Å². The third-order valence-electron chi connectivity index (χ3n) is 4.44. The molecule has 1 fully saturated rings. The molecular weight excluding hydrogens is 298 g/mol. The van der Waals surface area contributed by atoms with Crippen LogP contribution in [0.3, 0.4) is 0 Å². The highest BCUT2D eigenvalue weighted by molar-refractivity contribution is 5.50. The Morgan fingerprint density at radius 2 is 1.74 bits per heavy atom. The van der Waals surface area contributed by atoms with Crippen LogP contribution in [-0.4, -0.2) is 55.6 Å². The Morgan fingerprint density at radius 3 is 2.22 bits per heavy atom. The van der Waals surface area contributed by atoms with Gasteiger partial charge in [-0.15, -0.1) is 0 Å². The van der Waals surface area contributed by atoms with Gasteiger partial charge in [0.1, 0.15) is 5.69 Å². The number of hydrogen-bond donors (Lipinski definition) is 1. The minimum absolute atomic E-state index is 0.00923. The molecule has 0 aromatic heterocycles. The van der Waals surface area contributed by atoms with Gasteiger partial charge in [-0.1, -0.05) is 13.8 Å². The van der Waals surface area contributed by atoms with E-state index >= 15 is 0 Å². The van der Waals surface area contributed by atoms with Gasteiger partial charge in [-0.05, 0) is 25.1 Å². The summed E-state index contributed by atoms with van der Waals surface area (Å²) in [7, 11) is 2.10. The lowest BCUT2D eigenvalue weighted by Crippen LogP contribution is -2.52. The van der Waals surface area contributed by atoms with Crippen LogP contribution in [0, 0.1) is 28.9 Å². The Bertz CT molecular complexity index is 551. The molecule has 1 N–H and O–H groups in total. The average molecular weight is 322 g/mol. The first-order chi connectivity index (χ1) is 10.9. The first-order valence-electron chi connectivity index (χ1n) is 7.98. The molecule has 0 bridgehead atoms. The molecule has 1 aromatic rings. The van der Waals surface area contributed by atoms with Gasteiger partial charge < -0.3 is 10.2 Å². The molecule has 1 atom stereocenters. The molecule has 0 spiro atoms. The number of hydrogen-bond acceptors (Lipinski definition) is 4. The molecule has 0 amide bonds. The summed E-state index contributed by atoms with van der Waals surface area (Å²) in [6.45, 7) is 8.64. The van der Waals surface area contributed by atoms with Crippen molar-refractivity contribution in [3.63, 3.8) is 0 Å². The molecule has 0 unspecified atom stereocenters. The van der Waals surface area contributed by atoms with Crippen molar-refractivity contribution in [2.24, 2.45) is 5.92 Å². The van der Waals surface area contributed by atoms with E-state index in [1.165, 1.54) is 0 Å². The SMILES string of the molecule is CC(C)[C@H](CNc1c(F)cc(C#N)cc1F)N1CCN(C)CC1. The molecule has 126 valence electrons. The predicted octanol–water partition coefficient (Wildman–Crippen LogP) is 2.52. The second-order valence-corrected chi connectivity index (χ2v) is 6.46. The lowest BCUT2D eigenvalue weighted by Gasteiger charge is -2.40. The van der Waals surface area contributed by atoms with Gasteiger partial charge in [-0.3, -0.25) is 4.90 Å². The zero-order valence-corrected chi connectivity index (χ0v) is 13.9. The minimum atomic E-state index is -0.720. The van der Waals surface area contributed by atoms with Crippen molar-refractivity contribution in [1.82, 2.24) is 9.80 Å². The molecule has 0 radical (unpaired) electrons. The zero-order valence-electron chi connectivity index (χ0n) is 13.9. The smallest absolute Gasteiger partial charge is 0.150 e. The highest BCUT2D eigenvalue weighted by atomic mass is 19.1. The molecule has 6 heteroatoms.